The number of hydrogen-bond donors (Lipinski definition) is 0. The van der Waals surface area contributed by atoms with E-state index in [1.165, 1.54) is 334 Å². The van der Waals surface area contributed by atoms with Gasteiger partial charge in [-0.2, -0.15) is 0 Å². The normalized spacial score (nSPS) is 22.3. The Morgan fingerprint density at radius 1 is 0.354 bits per heavy atom. The number of rotatable bonds is 29. The molecular formula is C92H175B6Si. The maximum Gasteiger partial charge on any atom is 0.172 e. The summed E-state index contributed by atoms with van der Waals surface area (Å²) < 4.78 is 0. The minimum atomic E-state index is -1.17. The molecule has 1 radical (unpaired) electrons. The van der Waals surface area contributed by atoms with E-state index < -0.39 is 8.07 Å². The summed E-state index contributed by atoms with van der Waals surface area (Å²) in [6.07, 6.45) is 101. The average Bonchev–Trinajstić information content (AvgIpc) is 1.24. The zero-order chi connectivity index (χ0) is 70.6. The molecule has 0 nitrogen and oxygen atoms in total. The molecule has 10 aliphatic rings. The van der Waals surface area contributed by atoms with Crippen molar-refractivity contribution in [1.29, 1.82) is 0 Å². The van der Waals surface area contributed by atoms with Gasteiger partial charge in [-0.05, 0) is 12.8 Å². The minimum absolute atomic E-state index is 0.605. The van der Waals surface area contributed by atoms with E-state index >= 15 is 0 Å². The van der Waals surface area contributed by atoms with Crippen LogP contribution in [0.2, 0.25) is 109 Å². The molecule has 0 aromatic heterocycles. The molecular weight excluding hydrogens is 1200 g/mol. The van der Waals surface area contributed by atoms with Gasteiger partial charge in [-0.25, -0.2) is 0 Å². The number of unbranched alkanes of at least 4 members (excludes halogenated alkanes) is 6. The molecule has 565 valence electrons. The third-order valence-electron chi connectivity index (χ3n) is 28.5. The van der Waals surface area contributed by atoms with Crippen LogP contribution in [0.1, 0.15) is 433 Å². The summed E-state index contributed by atoms with van der Waals surface area (Å²) in [5.41, 5.74) is 3.48. The second-order valence-corrected chi connectivity index (χ2v) is 42.0. The van der Waals surface area contributed by atoms with Crippen molar-refractivity contribution in [3.05, 3.63) is 24.6 Å². The predicted molar refractivity (Wildman–Crippen MR) is 466 cm³/mol. The van der Waals surface area contributed by atoms with Gasteiger partial charge < -0.3 is 0 Å². The standard InChI is InChI=1S/C18H33B.C17H33B.C16H31B.C14H27B.C14H25B.C13H26BSi/c1-2-3-4-11-16-19(17-12-7-5-8-13-17)18-14-9-6-10-15-18;1-2-3-10-15-18(16-11-6-4-7-12-16)17-13-8-5-9-14-17;1-2-3-14-17(15-10-6-4-7-11-15)16-12-8-5-9-13-16;2*1-2-15(13-9-5-3-6-10-13)14-11-7-4-8-12-14;1-6-8-10-14-12-13(7-2)9-11-15(3,4)5/h11,16-18H,2-10,12-15H2,1H3;16-17H,2-15H2,1H3;15-16H,2-14H2,1H3;13-14H,2-12H2,1H3;2,13-14H,1,3-12H2;13H,6-8,10,12H2,1-5H3. The molecule has 0 spiro atoms. The Morgan fingerprint density at radius 2 is 0.646 bits per heavy atom. The quantitative estimate of drug-likeness (QED) is 0.0398. The Kier molecular flexibility index (Phi) is 52.1. The molecule has 10 aliphatic carbocycles. The van der Waals surface area contributed by atoms with Gasteiger partial charge in [0.05, 0.1) is 0 Å². The monoisotopic (exact) mass is 1370 g/mol. The van der Waals surface area contributed by atoms with E-state index in [0.717, 1.165) is 91.7 Å². The fourth-order valence-electron chi connectivity index (χ4n) is 22.6. The van der Waals surface area contributed by atoms with Gasteiger partial charge in [0, 0.05) is 5.92 Å². The predicted octanol–water partition coefficient (Wildman–Crippen LogP) is 33.0. The summed E-state index contributed by atoms with van der Waals surface area (Å²) in [7, 11) is 1.26. The van der Waals surface area contributed by atoms with Gasteiger partial charge in [0.15, 0.2) is 13.4 Å². The van der Waals surface area contributed by atoms with Crippen molar-refractivity contribution in [2.45, 2.75) is 543 Å². The summed E-state index contributed by atoms with van der Waals surface area (Å²) >= 11 is 0. The smallest absolute Gasteiger partial charge is 0.132 e. The lowest BCUT2D eigenvalue weighted by atomic mass is 9.28. The molecule has 0 aromatic rings. The van der Waals surface area contributed by atoms with E-state index in [0.29, 0.717) is 5.92 Å². The zero-order valence-corrected chi connectivity index (χ0v) is 70.4. The van der Waals surface area contributed by atoms with Crippen molar-refractivity contribution < 1.29 is 0 Å². The molecule has 0 amide bonds. The first-order chi connectivity index (χ1) is 48.6. The molecule has 99 heavy (non-hydrogen) atoms. The van der Waals surface area contributed by atoms with E-state index in [4.69, 9.17) is 0 Å². The molecule has 0 saturated heterocycles. The van der Waals surface area contributed by atoms with Crippen LogP contribution in [-0.2, 0) is 0 Å². The topological polar surface area (TPSA) is 0 Å². The molecule has 7 heteroatoms. The van der Waals surface area contributed by atoms with E-state index in [1.807, 2.05) is 0 Å². The first kappa shape index (κ1) is 89.3. The summed E-state index contributed by atoms with van der Waals surface area (Å²) in [4.78, 5) is 0. The Hall–Kier alpha value is -0.354. The Bertz CT molecular complexity index is 1820. The molecule has 0 bridgehead atoms. The van der Waals surface area contributed by atoms with Crippen LogP contribution in [0.4, 0.5) is 0 Å². The summed E-state index contributed by atoms with van der Waals surface area (Å²) in [5, 5.41) is 0. The number of hydrogen-bond acceptors (Lipinski definition) is 0. The van der Waals surface area contributed by atoms with Crippen LogP contribution in [0.15, 0.2) is 24.6 Å². The van der Waals surface area contributed by atoms with Gasteiger partial charge in [0.1, 0.15) is 35.5 Å². The lowest BCUT2D eigenvalue weighted by molar-refractivity contribution is 0.459. The molecule has 10 saturated carbocycles. The van der Waals surface area contributed by atoms with Gasteiger partial charge in [-0.3, -0.25) is 0 Å². The highest BCUT2D eigenvalue weighted by atomic mass is 28.3. The van der Waals surface area contributed by atoms with Gasteiger partial charge in [0.2, 0.25) is 0 Å². The maximum atomic E-state index is 4.11. The van der Waals surface area contributed by atoms with E-state index in [9.17, 15) is 0 Å². The highest BCUT2D eigenvalue weighted by molar-refractivity contribution is 6.83. The third-order valence-corrected chi connectivity index (χ3v) is 29.4. The Balaban J connectivity index is 0.000000215. The van der Waals surface area contributed by atoms with Crippen molar-refractivity contribution in [1.82, 2.24) is 0 Å². The van der Waals surface area contributed by atoms with Crippen molar-refractivity contribution >= 4 is 48.9 Å². The molecule has 0 heterocycles. The van der Waals surface area contributed by atoms with Gasteiger partial charge >= 0.3 is 0 Å². The molecule has 0 N–H and O–H groups in total. The molecule has 10 fully saturated rings. The molecule has 10 rings (SSSR count). The van der Waals surface area contributed by atoms with Crippen LogP contribution in [-0.4, -0.2) is 48.9 Å². The Morgan fingerprint density at radius 3 is 0.929 bits per heavy atom. The lowest BCUT2D eigenvalue weighted by Gasteiger charge is -2.35. The van der Waals surface area contributed by atoms with Gasteiger partial charge in [-0.1, -0.05) is 536 Å². The molecule has 0 aromatic carbocycles. The van der Waals surface area contributed by atoms with Crippen LogP contribution >= 0.6 is 0 Å². The van der Waals surface area contributed by atoms with E-state index in [1.54, 1.807) is 89.7 Å². The van der Waals surface area contributed by atoms with Crippen LogP contribution in [0.3, 0.4) is 0 Å². The summed E-state index contributed by atoms with van der Waals surface area (Å²) in [6.45, 7) is 30.1. The van der Waals surface area contributed by atoms with Gasteiger partial charge in [-0.15, -0.1) is 30.0 Å². The van der Waals surface area contributed by atoms with E-state index in [2.05, 4.69) is 105 Å². The highest BCUT2D eigenvalue weighted by Gasteiger charge is 2.38. The maximum absolute atomic E-state index is 4.11. The van der Waals surface area contributed by atoms with Crippen LogP contribution in [0, 0.1) is 17.4 Å². The molecule has 1 atom stereocenters. The van der Waals surface area contributed by atoms with Gasteiger partial charge in [0.25, 0.3) is 0 Å². The second kappa shape index (κ2) is 57.8. The third kappa shape index (κ3) is 38.3. The Labute approximate surface area is 629 Å². The molecule has 0 aliphatic heterocycles. The van der Waals surface area contributed by atoms with Crippen molar-refractivity contribution in [2.24, 2.45) is 5.92 Å². The fraction of sp³-hybridized carbons (Fsp3) is 0.935. The van der Waals surface area contributed by atoms with Crippen LogP contribution in [0.5, 0.6) is 0 Å². The summed E-state index contributed by atoms with van der Waals surface area (Å²) in [5.74, 6) is 19.7. The number of allylic oxidation sites excluding steroid dienone is 1. The highest BCUT2D eigenvalue weighted by Crippen LogP contribution is 2.48. The lowest BCUT2D eigenvalue weighted by Crippen LogP contribution is -2.30. The second-order valence-electron chi connectivity index (χ2n) is 37.3. The first-order valence-corrected chi connectivity index (χ1v) is 50.7. The fourth-order valence-corrected chi connectivity index (χ4v) is 23.3. The first-order valence-electron chi connectivity index (χ1n) is 47.2. The SMILES string of the molecule is C=CB(C1CCCCC1)C1CCCCC1.CCB(C1CCCCC1)C1CCCCC1.CCCCB(C1CCCCC1)C1CCCCC1.CCCCC=CB(C1CCCCC1)C1CCCCC1.CCCCCB(C1CCCCC1)C1CCCCC1.CCCC[B]CC(C#C[Si](C)(C)C)CC. The van der Waals surface area contributed by atoms with Crippen molar-refractivity contribution in [3.8, 4) is 11.5 Å². The van der Waals surface area contributed by atoms with Crippen molar-refractivity contribution in [2.75, 3.05) is 0 Å². The average molecular weight is 1370 g/mol. The van der Waals surface area contributed by atoms with E-state index in [-0.39, 0.29) is 0 Å². The summed E-state index contributed by atoms with van der Waals surface area (Å²) in [6, 6.07) is 0. The largest absolute Gasteiger partial charge is 0.172 e. The molecule has 1 unspecified atom stereocenters. The van der Waals surface area contributed by atoms with Crippen molar-refractivity contribution in [3.63, 3.8) is 0 Å². The van der Waals surface area contributed by atoms with Crippen LogP contribution in [0.25, 0.3) is 0 Å². The minimum Gasteiger partial charge on any atom is -0.132 e. The zero-order valence-electron chi connectivity index (χ0n) is 69.4. The van der Waals surface area contributed by atoms with Crippen LogP contribution < -0.4 is 0 Å².